The van der Waals surface area contributed by atoms with Crippen LogP contribution < -0.4 is 10.2 Å². The number of carbonyl (C=O) groups is 2. The molecule has 0 radical (unpaired) electrons. The Labute approximate surface area is 105 Å². The second kappa shape index (κ2) is 4.75. The number of nitrogens with one attached hydrogen (secondary N) is 1. The van der Waals surface area contributed by atoms with Crippen LogP contribution in [0, 0.1) is 0 Å². The maximum absolute atomic E-state index is 11.8. The molecule has 0 aromatic heterocycles. The van der Waals surface area contributed by atoms with Crippen LogP contribution in [-0.4, -0.2) is 24.4 Å². The number of nitrogens with zero attached hydrogens (tertiary/aromatic N) is 1. The molecule has 1 aliphatic rings. The lowest BCUT2D eigenvalue weighted by Crippen LogP contribution is -2.35. The van der Waals surface area contributed by atoms with Gasteiger partial charge in [0.1, 0.15) is 0 Å². The number of rotatable bonds is 2. The third-order valence-electron chi connectivity index (χ3n) is 2.67. The first-order chi connectivity index (χ1) is 8.06. The molecule has 17 heavy (non-hydrogen) atoms. The fourth-order valence-corrected chi connectivity index (χ4v) is 2.09. The van der Waals surface area contributed by atoms with Crippen molar-refractivity contribution in [2.45, 2.75) is 19.4 Å². The van der Waals surface area contributed by atoms with Gasteiger partial charge < -0.3 is 10.2 Å². The molecule has 1 aromatic rings. The summed E-state index contributed by atoms with van der Waals surface area (Å²) in [6.45, 7) is 1.97. The van der Waals surface area contributed by atoms with Gasteiger partial charge in [0.15, 0.2) is 0 Å². The van der Waals surface area contributed by atoms with Crippen molar-refractivity contribution in [3.05, 3.63) is 29.3 Å². The third-order valence-corrected chi connectivity index (χ3v) is 2.92. The molecule has 1 aromatic carbocycles. The molecule has 1 atom stereocenters. The van der Waals surface area contributed by atoms with Crippen LogP contribution >= 0.6 is 11.6 Å². The quantitative estimate of drug-likeness (QED) is 0.869. The lowest BCUT2D eigenvalue weighted by atomic mass is 10.2. The van der Waals surface area contributed by atoms with Gasteiger partial charge in [0.25, 0.3) is 0 Å². The zero-order valence-electron chi connectivity index (χ0n) is 9.44. The van der Waals surface area contributed by atoms with Crippen LogP contribution in [0.4, 0.5) is 5.69 Å². The van der Waals surface area contributed by atoms with Crippen LogP contribution in [0.2, 0.25) is 5.02 Å². The smallest absolute Gasteiger partial charge is 0.229 e. The summed E-state index contributed by atoms with van der Waals surface area (Å²) in [5.41, 5.74) is 0.812. The number of hydrogen-bond acceptors (Lipinski definition) is 2. The molecule has 1 heterocycles. The molecular weight excluding hydrogens is 240 g/mol. The van der Waals surface area contributed by atoms with Gasteiger partial charge >= 0.3 is 0 Å². The maximum Gasteiger partial charge on any atom is 0.229 e. The van der Waals surface area contributed by atoms with E-state index in [0.717, 1.165) is 5.69 Å². The fraction of sp³-hybridized carbons (Fsp3) is 0.333. The first-order valence-corrected chi connectivity index (χ1v) is 5.77. The molecule has 5 heteroatoms. The van der Waals surface area contributed by atoms with E-state index in [1.165, 1.54) is 6.92 Å². The maximum atomic E-state index is 11.8. The Morgan fingerprint density at radius 1 is 1.41 bits per heavy atom. The minimum absolute atomic E-state index is 0.0195. The SMILES string of the molecule is CC(=O)N[C@@H]1CC(=O)N(c2ccc(Cl)cc2)C1. The molecule has 0 bridgehead atoms. The summed E-state index contributed by atoms with van der Waals surface area (Å²) in [6.07, 6.45) is 0.349. The van der Waals surface area contributed by atoms with Crippen LogP contribution in [0.5, 0.6) is 0 Å². The minimum Gasteiger partial charge on any atom is -0.351 e. The molecule has 1 aliphatic heterocycles. The van der Waals surface area contributed by atoms with Crippen LogP contribution in [0.25, 0.3) is 0 Å². The molecule has 0 aliphatic carbocycles. The predicted octanol–water partition coefficient (Wildman–Crippen LogP) is 1.58. The van der Waals surface area contributed by atoms with E-state index in [4.69, 9.17) is 11.6 Å². The third kappa shape index (κ3) is 2.77. The number of anilines is 1. The molecule has 0 spiro atoms. The second-order valence-electron chi connectivity index (χ2n) is 4.08. The van der Waals surface area contributed by atoms with Crippen molar-refractivity contribution < 1.29 is 9.59 Å². The number of benzene rings is 1. The molecule has 0 saturated carbocycles. The summed E-state index contributed by atoms with van der Waals surface area (Å²) >= 11 is 5.79. The standard InChI is InChI=1S/C12H13ClN2O2/c1-8(16)14-10-6-12(17)15(7-10)11-4-2-9(13)3-5-11/h2-5,10H,6-7H2,1H3,(H,14,16)/t10-/m1/s1. The predicted molar refractivity (Wildman–Crippen MR) is 66.0 cm³/mol. The normalized spacial score (nSPS) is 19.5. The summed E-state index contributed by atoms with van der Waals surface area (Å²) in [4.78, 5) is 24.4. The molecule has 2 rings (SSSR count). The first kappa shape index (κ1) is 11.9. The van der Waals surface area contributed by atoms with E-state index >= 15 is 0 Å². The van der Waals surface area contributed by atoms with E-state index in [9.17, 15) is 9.59 Å². The number of carbonyl (C=O) groups excluding carboxylic acids is 2. The summed E-state index contributed by atoms with van der Waals surface area (Å²) < 4.78 is 0. The Kier molecular flexibility index (Phi) is 3.33. The first-order valence-electron chi connectivity index (χ1n) is 5.39. The van der Waals surface area contributed by atoms with Crippen molar-refractivity contribution in [1.82, 2.24) is 5.32 Å². The average molecular weight is 253 g/mol. The van der Waals surface area contributed by atoms with E-state index in [-0.39, 0.29) is 17.9 Å². The van der Waals surface area contributed by atoms with E-state index in [1.807, 2.05) is 0 Å². The summed E-state index contributed by atoms with van der Waals surface area (Å²) in [5, 5.41) is 3.39. The highest BCUT2D eigenvalue weighted by atomic mass is 35.5. The zero-order chi connectivity index (χ0) is 12.4. The van der Waals surface area contributed by atoms with Crippen molar-refractivity contribution in [1.29, 1.82) is 0 Å². The Morgan fingerprint density at radius 2 is 2.06 bits per heavy atom. The van der Waals surface area contributed by atoms with Crippen LogP contribution in [0.1, 0.15) is 13.3 Å². The van der Waals surface area contributed by atoms with Gasteiger partial charge in [-0.15, -0.1) is 0 Å². The molecule has 0 unspecified atom stereocenters. The molecule has 1 N–H and O–H groups in total. The van der Waals surface area contributed by atoms with Crippen LogP contribution in [-0.2, 0) is 9.59 Å². The van der Waals surface area contributed by atoms with Crippen molar-refractivity contribution in [3.8, 4) is 0 Å². The highest BCUT2D eigenvalue weighted by Gasteiger charge is 2.30. The Balaban J connectivity index is 2.10. The number of amides is 2. The van der Waals surface area contributed by atoms with Crippen molar-refractivity contribution in [2.75, 3.05) is 11.4 Å². The zero-order valence-corrected chi connectivity index (χ0v) is 10.2. The van der Waals surface area contributed by atoms with E-state index in [1.54, 1.807) is 29.2 Å². The molecule has 90 valence electrons. The van der Waals surface area contributed by atoms with Crippen molar-refractivity contribution in [2.24, 2.45) is 0 Å². The number of halogens is 1. The number of hydrogen-bond donors (Lipinski definition) is 1. The molecule has 1 fully saturated rings. The average Bonchev–Trinajstić information content (AvgIpc) is 2.59. The second-order valence-corrected chi connectivity index (χ2v) is 4.52. The molecule has 1 saturated heterocycles. The lowest BCUT2D eigenvalue weighted by molar-refractivity contribution is -0.119. The van der Waals surface area contributed by atoms with E-state index in [2.05, 4.69) is 5.32 Å². The largest absolute Gasteiger partial charge is 0.351 e. The Hall–Kier alpha value is -1.55. The van der Waals surface area contributed by atoms with Gasteiger partial charge in [0.2, 0.25) is 11.8 Å². The Bertz CT molecular complexity index is 444. The van der Waals surface area contributed by atoms with Gasteiger partial charge in [-0.25, -0.2) is 0 Å². The lowest BCUT2D eigenvalue weighted by Gasteiger charge is -2.16. The van der Waals surface area contributed by atoms with Crippen LogP contribution in [0.3, 0.4) is 0 Å². The molecule has 4 nitrogen and oxygen atoms in total. The highest BCUT2D eigenvalue weighted by Crippen LogP contribution is 2.23. The molecular formula is C12H13ClN2O2. The van der Waals surface area contributed by atoms with Gasteiger partial charge in [0.05, 0.1) is 6.04 Å². The summed E-state index contributed by atoms with van der Waals surface area (Å²) in [6, 6.07) is 6.99. The fourth-order valence-electron chi connectivity index (χ4n) is 1.96. The minimum atomic E-state index is -0.110. The van der Waals surface area contributed by atoms with E-state index in [0.29, 0.717) is 18.0 Å². The topological polar surface area (TPSA) is 49.4 Å². The van der Waals surface area contributed by atoms with Crippen LogP contribution in [0.15, 0.2) is 24.3 Å². The summed E-state index contributed by atoms with van der Waals surface area (Å²) in [5.74, 6) is -0.0909. The van der Waals surface area contributed by atoms with Gasteiger partial charge in [-0.2, -0.15) is 0 Å². The Morgan fingerprint density at radius 3 is 2.65 bits per heavy atom. The van der Waals surface area contributed by atoms with Gasteiger partial charge in [-0.05, 0) is 24.3 Å². The molecule has 2 amide bonds. The van der Waals surface area contributed by atoms with Gasteiger partial charge in [0, 0.05) is 30.6 Å². The van der Waals surface area contributed by atoms with Crippen molar-refractivity contribution >= 4 is 29.1 Å². The monoisotopic (exact) mass is 252 g/mol. The van der Waals surface area contributed by atoms with Crippen molar-refractivity contribution in [3.63, 3.8) is 0 Å². The highest BCUT2D eigenvalue weighted by molar-refractivity contribution is 6.30. The van der Waals surface area contributed by atoms with Gasteiger partial charge in [-0.1, -0.05) is 11.6 Å². The van der Waals surface area contributed by atoms with E-state index < -0.39 is 0 Å². The van der Waals surface area contributed by atoms with Gasteiger partial charge in [-0.3, -0.25) is 9.59 Å². The summed E-state index contributed by atoms with van der Waals surface area (Å²) in [7, 11) is 0.